The average molecular weight is 542 g/mol. The highest BCUT2D eigenvalue weighted by Gasteiger charge is 2.26. The Morgan fingerprint density at radius 2 is 1.59 bits per heavy atom. The van der Waals surface area contributed by atoms with Gasteiger partial charge in [-0.25, -0.2) is 13.8 Å². The van der Waals surface area contributed by atoms with E-state index < -0.39 is 25.4 Å². The summed E-state index contributed by atoms with van der Waals surface area (Å²) in [6.07, 6.45) is 2.42. The van der Waals surface area contributed by atoms with E-state index in [1.807, 2.05) is 0 Å². The molecule has 0 unspecified atom stereocenters. The number of benzene rings is 3. The molecule has 37 heavy (non-hydrogen) atoms. The van der Waals surface area contributed by atoms with Crippen molar-refractivity contribution >= 4 is 47.1 Å². The Morgan fingerprint density at radius 3 is 2.19 bits per heavy atom. The molecule has 0 spiro atoms. The van der Waals surface area contributed by atoms with Crippen LogP contribution in [0.25, 0.3) is 16.2 Å². The van der Waals surface area contributed by atoms with E-state index in [0.717, 1.165) is 17.4 Å². The van der Waals surface area contributed by atoms with E-state index in [2.05, 4.69) is 4.52 Å². The molecular formula is C26H20FO8PS. The lowest BCUT2D eigenvalue weighted by Gasteiger charge is -2.11. The number of ketones is 1. The molecule has 0 amide bonds. The quantitative estimate of drug-likeness (QED) is 0.135. The molecule has 0 atom stereocenters. The van der Waals surface area contributed by atoms with Crippen molar-refractivity contribution < 1.29 is 42.7 Å². The number of aryl methyl sites for hydroxylation is 2. The maximum Gasteiger partial charge on any atom is 0.524 e. The lowest BCUT2D eigenvalue weighted by Crippen LogP contribution is -2.06. The van der Waals surface area contributed by atoms with E-state index in [1.54, 1.807) is 38.1 Å². The van der Waals surface area contributed by atoms with Gasteiger partial charge in [0.15, 0.2) is 5.75 Å². The Bertz CT molecular complexity index is 1580. The second-order valence-electron chi connectivity index (χ2n) is 8.09. The van der Waals surface area contributed by atoms with Gasteiger partial charge in [-0.2, -0.15) is 0 Å². The topological polar surface area (TPSA) is 130 Å². The maximum absolute atomic E-state index is 13.9. The summed E-state index contributed by atoms with van der Waals surface area (Å²) >= 11 is 1.04. The Labute approximate surface area is 214 Å². The number of thiophene rings is 1. The Morgan fingerprint density at radius 1 is 0.973 bits per heavy atom. The lowest BCUT2D eigenvalue weighted by atomic mass is 9.97. The molecule has 190 valence electrons. The number of ether oxygens (including phenoxy) is 1. The van der Waals surface area contributed by atoms with Crippen LogP contribution in [0.2, 0.25) is 0 Å². The summed E-state index contributed by atoms with van der Waals surface area (Å²) in [6.45, 7) is 3.26. The van der Waals surface area contributed by atoms with Gasteiger partial charge in [-0.15, -0.1) is 11.3 Å². The Kier molecular flexibility index (Phi) is 7.29. The number of carbonyl (C=O) groups excluding carboxylic acids is 1. The number of halogens is 1. The highest BCUT2D eigenvalue weighted by Crippen LogP contribution is 2.45. The second kappa shape index (κ2) is 10.3. The fourth-order valence-corrected chi connectivity index (χ4v) is 5.31. The van der Waals surface area contributed by atoms with Crippen molar-refractivity contribution in [1.82, 2.24) is 0 Å². The molecule has 0 saturated heterocycles. The molecular weight excluding hydrogens is 522 g/mol. The van der Waals surface area contributed by atoms with Crippen LogP contribution in [-0.4, -0.2) is 26.6 Å². The molecule has 0 aliphatic heterocycles. The highest BCUT2D eigenvalue weighted by molar-refractivity contribution is 7.46. The van der Waals surface area contributed by atoms with Crippen LogP contribution in [0.15, 0.2) is 60.7 Å². The molecule has 0 bridgehead atoms. The van der Waals surface area contributed by atoms with Crippen LogP contribution in [0.4, 0.5) is 4.39 Å². The van der Waals surface area contributed by atoms with Crippen molar-refractivity contribution in [2.24, 2.45) is 0 Å². The van der Waals surface area contributed by atoms with Crippen molar-refractivity contribution in [2.45, 2.75) is 13.8 Å². The molecule has 3 N–H and O–H groups in total. The zero-order valence-corrected chi connectivity index (χ0v) is 21.2. The number of carboxylic acid groups (broad SMARTS) is 1. The van der Waals surface area contributed by atoms with Gasteiger partial charge in [0, 0.05) is 21.7 Å². The second-order valence-corrected chi connectivity index (χ2v) is 10.3. The summed E-state index contributed by atoms with van der Waals surface area (Å²) in [6, 6.07) is 13.3. The number of rotatable bonds is 8. The lowest BCUT2D eigenvalue weighted by molar-refractivity contribution is -0.131. The van der Waals surface area contributed by atoms with Crippen LogP contribution in [0, 0.1) is 19.7 Å². The molecule has 0 fully saturated rings. The average Bonchev–Trinajstić information content (AvgIpc) is 3.14. The first-order valence-corrected chi connectivity index (χ1v) is 13.1. The first-order valence-electron chi connectivity index (χ1n) is 10.7. The van der Waals surface area contributed by atoms with E-state index in [9.17, 15) is 18.5 Å². The molecule has 4 rings (SSSR count). The van der Waals surface area contributed by atoms with Gasteiger partial charge in [-0.05, 0) is 79.1 Å². The van der Waals surface area contributed by atoms with Crippen LogP contribution >= 0.6 is 19.2 Å². The van der Waals surface area contributed by atoms with Crippen LogP contribution in [-0.2, 0) is 9.36 Å². The monoisotopic (exact) mass is 542 g/mol. The minimum absolute atomic E-state index is 0.0867. The SMILES string of the molecule is Cc1cc(F)cc(C)c1C(=O)c1sc2cc(OP(=O)(O)O)ccc2c1Oc1ccc(/C=C/C(=O)O)cc1. The van der Waals surface area contributed by atoms with Gasteiger partial charge in [0.25, 0.3) is 0 Å². The number of hydrogen-bond acceptors (Lipinski definition) is 6. The number of hydrogen-bond donors (Lipinski definition) is 3. The zero-order chi connectivity index (χ0) is 26.9. The fourth-order valence-electron chi connectivity index (χ4n) is 3.81. The number of carboxylic acids is 1. The molecule has 0 aliphatic carbocycles. The third kappa shape index (κ3) is 6.12. The molecule has 4 aromatic rings. The predicted octanol–water partition coefficient (Wildman–Crippen LogP) is 6.25. The maximum atomic E-state index is 13.9. The van der Waals surface area contributed by atoms with Gasteiger partial charge in [-0.1, -0.05) is 12.1 Å². The van der Waals surface area contributed by atoms with Gasteiger partial charge in [0.1, 0.15) is 22.2 Å². The van der Waals surface area contributed by atoms with E-state index >= 15 is 0 Å². The van der Waals surface area contributed by atoms with Crippen molar-refractivity contribution in [3.8, 4) is 17.2 Å². The highest BCUT2D eigenvalue weighted by atomic mass is 32.1. The smallest absolute Gasteiger partial charge is 0.478 e. The van der Waals surface area contributed by atoms with Gasteiger partial charge < -0.3 is 14.4 Å². The number of carbonyl (C=O) groups is 2. The number of phosphoric ester groups is 1. The largest absolute Gasteiger partial charge is 0.524 e. The van der Waals surface area contributed by atoms with Crippen LogP contribution in [0.1, 0.15) is 31.9 Å². The molecule has 1 aromatic heterocycles. The standard InChI is InChI=1S/C26H20FO8PS/c1-14-11-17(27)12-15(2)23(14)24(30)26-25(34-18-6-3-16(4-7-18)5-10-22(28)29)20-9-8-19(13-21(20)37-26)35-36(31,32)33/h3-13H,1-2H3,(H,28,29)(H2,31,32,33)/b10-5+. The van der Waals surface area contributed by atoms with Crippen LogP contribution in [0.3, 0.4) is 0 Å². The van der Waals surface area contributed by atoms with Gasteiger partial charge >= 0.3 is 13.8 Å². The first kappa shape index (κ1) is 26.2. The van der Waals surface area contributed by atoms with Crippen molar-refractivity contribution in [1.29, 1.82) is 0 Å². The summed E-state index contributed by atoms with van der Waals surface area (Å²) in [7, 11) is -4.80. The summed E-state index contributed by atoms with van der Waals surface area (Å²) in [5.41, 5.74) is 1.84. The fraction of sp³-hybridized carbons (Fsp3) is 0.0769. The molecule has 3 aromatic carbocycles. The van der Waals surface area contributed by atoms with E-state index in [-0.39, 0.29) is 16.4 Å². The Balaban J connectivity index is 1.81. The third-order valence-electron chi connectivity index (χ3n) is 5.29. The predicted molar refractivity (Wildman–Crippen MR) is 137 cm³/mol. The van der Waals surface area contributed by atoms with Gasteiger partial charge in [0.2, 0.25) is 5.78 Å². The molecule has 11 heteroatoms. The van der Waals surface area contributed by atoms with Crippen LogP contribution < -0.4 is 9.26 Å². The number of phosphoric acid groups is 1. The Hall–Kier alpha value is -3.82. The number of fused-ring (bicyclic) bond motifs is 1. The van der Waals surface area contributed by atoms with E-state index in [0.29, 0.717) is 38.1 Å². The van der Waals surface area contributed by atoms with E-state index in [4.69, 9.17) is 19.6 Å². The normalized spacial score (nSPS) is 11.7. The summed E-state index contributed by atoms with van der Waals surface area (Å²) < 4.78 is 36.4. The van der Waals surface area contributed by atoms with Gasteiger partial charge in [0.05, 0.1) is 0 Å². The zero-order valence-electron chi connectivity index (χ0n) is 19.5. The van der Waals surface area contributed by atoms with Crippen molar-refractivity contribution in [2.75, 3.05) is 0 Å². The first-order chi connectivity index (χ1) is 17.4. The number of aliphatic carboxylic acids is 1. The minimum Gasteiger partial charge on any atom is -0.478 e. The summed E-state index contributed by atoms with van der Waals surface area (Å²) in [5.74, 6) is -1.45. The van der Waals surface area contributed by atoms with Gasteiger partial charge in [-0.3, -0.25) is 14.6 Å². The van der Waals surface area contributed by atoms with E-state index in [1.165, 1.54) is 36.4 Å². The van der Waals surface area contributed by atoms with Crippen molar-refractivity contribution in [3.63, 3.8) is 0 Å². The third-order valence-corrected chi connectivity index (χ3v) is 6.87. The molecule has 0 radical (unpaired) electrons. The molecule has 1 heterocycles. The molecule has 8 nitrogen and oxygen atoms in total. The van der Waals surface area contributed by atoms with Crippen LogP contribution in [0.5, 0.6) is 17.2 Å². The summed E-state index contributed by atoms with van der Waals surface area (Å²) in [5, 5.41) is 9.30. The minimum atomic E-state index is -4.80. The van der Waals surface area contributed by atoms with Crippen molar-refractivity contribution in [3.05, 3.63) is 93.6 Å². The summed E-state index contributed by atoms with van der Waals surface area (Å²) in [4.78, 5) is 42.9. The molecule has 0 aliphatic rings. The molecule has 0 saturated carbocycles.